The number of carbonyl (C=O) groups excluding carboxylic acids is 1. The Morgan fingerprint density at radius 1 is 1.43 bits per heavy atom. The zero-order chi connectivity index (χ0) is 10.8. The molecule has 1 aromatic heterocycles. The van der Waals surface area contributed by atoms with Crippen LogP contribution >= 0.6 is 0 Å². The summed E-state index contributed by atoms with van der Waals surface area (Å²) in [5.41, 5.74) is 0. The second kappa shape index (κ2) is 3.86. The summed E-state index contributed by atoms with van der Waals surface area (Å²) in [6, 6.07) is 2.77. The molecule has 0 N–H and O–H groups in total. The van der Waals surface area contributed by atoms with Crippen molar-refractivity contribution in [1.29, 1.82) is 0 Å². The Labute approximate surface area is 78.7 Å². The maximum absolute atomic E-state index is 11.8. The normalized spacial score (nSPS) is 11.7. The summed E-state index contributed by atoms with van der Waals surface area (Å²) in [6.45, 7) is 1.79. The lowest BCUT2D eigenvalue weighted by Crippen LogP contribution is -2.14. The second-order valence-electron chi connectivity index (χ2n) is 2.83. The van der Waals surface area contributed by atoms with Crippen LogP contribution in [-0.4, -0.2) is 12.0 Å². The molecule has 5 heteroatoms. The average Bonchev–Trinajstić information content (AvgIpc) is 2.48. The standard InChI is InChI=1S/C9H9F3O2/c1-2-6-3-4-8(14-6)7(13)5-9(10,11)12/h3-4H,2,5H2,1H3. The molecule has 1 aromatic rings. The minimum absolute atomic E-state index is 0.223. The van der Waals surface area contributed by atoms with E-state index in [9.17, 15) is 18.0 Å². The molecule has 0 saturated heterocycles. The number of Topliss-reactive ketones (excluding diaryl/α,β-unsaturated/α-hetero) is 1. The Morgan fingerprint density at radius 3 is 2.50 bits per heavy atom. The molecule has 0 unspecified atom stereocenters. The summed E-state index contributed by atoms with van der Waals surface area (Å²) in [5.74, 6) is -0.744. The highest BCUT2D eigenvalue weighted by Gasteiger charge is 2.32. The van der Waals surface area contributed by atoms with Crippen LogP contribution in [0.2, 0.25) is 0 Å². The molecule has 0 aromatic carbocycles. The molecule has 1 heterocycles. The van der Waals surface area contributed by atoms with Crippen LogP contribution in [0.25, 0.3) is 0 Å². The van der Waals surface area contributed by atoms with Crippen LogP contribution in [0, 0.1) is 0 Å². The number of alkyl halides is 3. The third-order valence-electron chi connectivity index (χ3n) is 1.65. The largest absolute Gasteiger partial charge is 0.458 e. The van der Waals surface area contributed by atoms with Gasteiger partial charge in [-0.2, -0.15) is 13.2 Å². The van der Waals surface area contributed by atoms with Gasteiger partial charge in [-0.25, -0.2) is 0 Å². The highest BCUT2D eigenvalue weighted by atomic mass is 19.4. The van der Waals surface area contributed by atoms with E-state index in [-0.39, 0.29) is 5.76 Å². The molecule has 0 amide bonds. The van der Waals surface area contributed by atoms with Crippen molar-refractivity contribution in [3.05, 3.63) is 23.7 Å². The van der Waals surface area contributed by atoms with Gasteiger partial charge in [-0.05, 0) is 12.1 Å². The highest BCUT2D eigenvalue weighted by molar-refractivity contribution is 5.93. The summed E-state index contributed by atoms with van der Waals surface area (Å²) in [6.07, 6.45) is -5.39. The van der Waals surface area contributed by atoms with Gasteiger partial charge in [0, 0.05) is 6.42 Å². The lowest BCUT2D eigenvalue weighted by Gasteiger charge is -2.02. The predicted molar refractivity (Wildman–Crippen MR) is 43.1 cm³/mol. The molecule has 0 bridgehead atoms. The van der Waals surface area contributed by atoms with Gasteiger partial charge in [-0.1, -0.05) is 6.92 Å². The molecule has 0 fully saturated rings. The first kappa shape index (κ1) is 10.8. The van der Waals surface area contributed by atoms with E-state index in [1.807, 2.05) is 0 Å². The van der Waals surface area contributed by atoms with E-state index in [2.05, 4.69) is 0 Å². The van der Waals surface area contributed by atoms with Gasteiger partial charge in [-0.15, -0.1) is 0 Å². The highest BCUT2D eigenvalue weighted by Crippen LogP contribution is 2.22. The van der Waals surface area contributed by atoms with Crippen molar-refractivity contribution < 1.29 is 22.4 Å². The van der Waals surface area contributed by atoms with Crippen molar-refractivity contribution in [2.75, 3.05) is 0 Å². The molecule has 0 radical (unpaired) electrons. The smallest absolute Gasteiger partial charge is 0.396 e. The average molecular weight is 206 g/mol. The van der Waals surface area contributed by atoms with Gasteiger partial charge in [0.25, 0.3) is 0 Å². The van der Waals surface area contributed by atoms with Gasteiger partial charge >= 0.3 is 6.18 Å². The van der Waals surface area contributed by atoms with Crippen molar-refractivity contribution >= 4 is 5.78 Å². The van der Waals surface area contributed by atoms with E-state index in [0.717, 1.165) is 0 Å². The lowest BCUT2D eigenvalue weighted by atomic mass is 10.2. The van der Waals surface area contributed by atoms with Gasteiger partial charge in [0.05, 0.1) is 0 Å². The molecule has 0 aliphatic carbocycles. The second-order valence-corrected chi connectivity index (χ2v) is 2.83. The van der Waals surface area contributed by atoms with E-state index in [1.54, 1.807) is 6.92 Å². The van der Waals surface area contributed by atoms with Crippen molar-refractivity contribution in [2.24, 2.45) is 0 Å². The third-order valence-corrected chi connectivity index (χ3v) is 1.65. The minimum atomic E-state index is -4.48. The maximum atomic E-state index is 11.8. The summed E-state index contributed by atoms with van der Waals surface area (Å²) < 4.78 is 40.3. The molecule has 2 nitrogen and oxygen atoms in total. The van der Waals surface area contributed by atoms with E-state index >= 15 is 0 Å². The molecule has 1 rings (SSSR count). The van der Waals surface area contributed by atoms with Crippen LogP contribution in [0.5, 0.6) is 0 Å². The monoisotopic (exact) mass is 206 g/mol. The number of hydrogen-bond donors (Lipinski definition) is 0. The maximum Gasteiger partial charge on any atom is 0.396 e. The molecule has 78 valence electrons. The number of aryl methyl sites for hydroxylation is 1. The summed E-state index contributed by atoms with van der Waals surface area (Å²) in [5, 5.41) is 0. The third kappa shape index (κ3) is 2.90. The fourth-order valence-electron chi connectivity index (χ4n) is 0.987. The number of rotatable bonds is 3. The van der Waals surface area contributed by atoms with Gasteiger partial charge < -0.3 is 4.42 Å². The molecule has 0 atom stereocenters. The zero-order valence-corrected chi connectivity index (χ0v) is 7.52. The van der Waals surface area contributed by atoms with Gasteiger partial charge in [0.2, 0.25) is 5.78 Å². The van der Waals surface area contributed by atoms with Crippen LogP contribution in [0.15, 0.2) is 16.5 Å². The van der Waals surface area contributed by atoms with Crippen molar-refractivity contribution in [3.8, 4) is 0 Å². The Hall–Kier alpha value is -1.26. The lowest BCUT2D eigenvalue weighted by molar-refractivity contribution is -0.125. The first-order valence-corrected chi connectivity index (χ1v) is 4.11. The quantitative estimate of drug-likeness (QED) is 0.711. The Kier molecular flexibility index (Phi) is 2.98. The van der Waals surface area contributed by atoms with E-state index in [0.29, 0.717) is 12.2 Å². The predicted octanol–water partition coefficient (Wildman–Crippen LogP) is 2.98. The van der Waals surface area contributed by atoms with Gasteiger partial charge in [0.1, 0.15) is 12.2 Å². The topological polar surface area (TPSA) is 30.2 Å². The van der Waals surface area contributed by atoms with E-state index < -0.39 is 18.4 Å². The van der Waals surface area contributed by atoms with Crippen molar-refractivity contribution in [3.63, 3.8) is 0 Å². The van der Waals surface area contributed by atoms with E-state index in [4.69, 9.17) is 4.42 Å². The summed E-state index contributed by atoms with van der Waals surface area (Å²) in [7, 11) is 0. The number of carbonyl (C=O) groups is 1. The van der Waals surface area contributed by atoms with E-state index in [1.165, 1.54) is 12.1 Å². The molecule has 0 aliphatic heterocycles. The van der Waals surface area contributed by atoms with Gasteiger partial charge in [-0.3, -0.25) is 4.79 Å². The van der Waals surface area contributed by atoms with Crippen LogP contribution in [0.3, 0.4) is 0 Å². The first-order valence-electron chi connectivity index (χ1n) is 4.11. The number of hydrogen-bond acceptors (Lipinski definition) is 2. The number of halogens is 3. The molecular weight excluding hydrogens is 197 g/mol. The minimum Gasteiger partial charge on any atom is -0.458 e. The van der Waals surface area contributed by atoms with Crippen LogP contribution in [-0.2, 0) is 6.42 Å². The fourth-order valence-corrected chi connectivity index (χ4v) is 0.987. The summed E-state index contributed by atoms with van der Waals surface area (Å²) in [4.78, 5) is 11.0. The first-order chi connectivity index (χ1) is 6.42. The Balaban J connectivity index is 2.70. The van der Waals surface area contributed by atoms with Crippen molar-refractivity contribution in [1.82, 2.24) is 0 Å². The van der Waals surface area contributed by atoms with Crippen molar-refractivity contribution in [2.45, 2.75) is 25.9 Å². The Bertz CT molecular complexity index is 325. The molecule has 14 heavy (non-hydrogen) atoms. The van der Waals surface area contributed by atoms with Crippen LogP contribution < -0.4 is 0 Å². The molecule has 0 aliphatic rings. The Morgan fingerprint density at radius 2 is 2.07 bits per heavy atom. The zero-order valence-electron chi connectivity index (χ0n) is 7.52. The number of ketones is 1. The van der Waals surface area contributed by atoms with Crippen LogP contribution in [0.4, 0.5) is 13.2 Å². The van der Waals surface area contributed by atoms with Gasteiger partial charge in [0.15, 0.2) is 5.76 Å². The molecule has 0 spiro atoms. The molecule has 0 saturated carbocycles. The van der Waals surface area contributed by atoms with Crippen LogP contribution in [0.1, 0.15) is 29.7 Å². The fraction of sp³-hybridized carbons (Fsp3) is 0.444. The molecular formula is C9H9F3O2. The summed E-state index contributed by atoms with van der Waals surface area (Å²) >= 11 is 0. The number of furan rings is 1. The SMILES string of the molecule is CCc1ccc(C(=O)CC(F)(F)F)o1.